The Balaban J connectivity index is 2.02. The molecule has 10 heteroatoms. The number of sulfonamides is 1. The Bertz CT molecular complexity index is 864. The van der Waals surface area contributed by atoms with E-state index in [4.69, 9.17) is 0 Å². The van der Waals surface area contributed by atoms with Gasteiger partial charge in [0.05, 0.1) is 16.4 Å². The molecule has 0 aliphatic carbocycles. The maximum absolute atomic E-state index is 12.4. The van der Waals surface area contributed by atoms with Crippen molar-refractivity contribution in [3.63, 3.8) is 0 Å². The lowest BCUT2D eigenvalue weighted by Crippen LogP contribution is -2.72. The number of benzene rings is 1. The van der Waals surface area contributed by atoms with Gasteiger partial charge >= 0.3 is 0 Å². The van der Waals surface area contributed by atoms with Gasteiger partial charge in [0.25, 0.3) is 5.69 Å². The largest absolute Gasteiger partial charge is 0.356 e. The zero-order chi connectivity index (χ0) is 21.2. The predicted octanol–water partition coefficient (Wildman–Crippen LogP) is 1.96. The third-order valence-electron chi connectivity index (χ3n) is 5.48. The van der Waals surface area contributed by atoms with E-state index < -0.39 is 14.9 Å². The van der Waals surface area contributed by atoms with Crippen LogP contribution in [0.2, 0.25) is 0 Å². The van der Waals surface area contributed by atoms with E-state index in [-0.39, 0.29) is 34.6 Å². The third kappa shape index (κ3) is 4.44. The molecule has 1 aliphatic rings. The maximum atomic E-state index is 12.4. The first kappa shape index (κ1) is 22.1. The van der Waals surface area contributed by atoms with Gasteiger partial charge in [-0.15, -0.1) is 0 Å². The van der Waals surface area contributed by atoms with E-state index >= 15 is 0 Å². The normalized spacial score (nSPS) is 18.5. The number of hydrogen-bond acceptors (Lipinski definition) is 5. The SMILES string of the molecule is CCNC(=NCCNS(=O)(=O)c1cccc([N+](=O)[O-])c1)N1CC(C)(C)C1(C)C. The molecule has 0 atom stereocenters. The lowest BCUT2D eigenvalue weighted by Gasteiger charge is -2.62. The summed E-state index contributed by atoms with van der Waals surface area (Å²) in [5.74, 6) is 0.751. The summed E-state index contributed by atoms with van der Waals surface area (Å²) in [4.78, 5) is 16.8. The van der Waals surface area contributed by atoms with Crippen LogP contribution in [0.25, 0.3) is 0 Å². The van der Waals surface area contributed by atoms with E-state index in [2.05, 4.69) is 47.6 Å². The fourth-order valence-corrected chi connectivity index (χ4v) is 4.04. The molecule has 0 aromatic heterocycles. The number of hydrogen-bond donors (Lipinski definition) is 2. The minimum absolute atomic E-state index is 0.0590. The summed E-state index contributed by atoms with van der Waals surface area (Å²) in [5, 5.41) is 14.1. The van der Waals surface area contributed by atoms with Crippen molar-refractivity contribution < 1.29 is 13.3 Å². The van der Waals surface area contributed by atoms with Gasteiger partial charge in [0.15, 0.2) is 5.96 Å². The van der Waals surface area contributed by atoms with Crippen LogP contribution in [0.5, 0.6) is 0 Å². The Labute approximate surface area is 166 Å². The maximum Gasteiger partial charge on any atom is 0.270 e. The van der Waals surface area contributed by atoms with Crippen molar-refractivity contribution in [2.45, 2.75) is 45.1 Å². The average molecular weight is 412 g/mol. The highest BCUT2D eigenvalue weighted by molar-refractivity contribution is 7.89. The Morgan fingerprint density at radius 3 is 2.54 bits per heavy atom. The summed E-state index contributed by atoms with van der Waals surface area (Å²) in [6, 6.07) is 4.97. The predicted molar refractivity (Wildman–Crippen MR) is 109 cm³/mol. The van der Waals surface area contributed by atoms with Gasteiger partial charge in [-0.2, -0.15) is 0 Å². The van der Waals surface area contributed by atoms with Crippen LogP contribution in [0.3, 0.4) is 0 Å². The Kier molecular flexibility index (Phi) is 6.34. The summed E-state index contributed by atoms with van der Waals surface area (Å²) in [7, 11) is -3.84. The number of aliphatic imine (C=N–C) groups is 1. The van der Waals surface area contributed by atoms with Gasteiger partial charge in [0, 0.05) is 42.7 Å². The van der Waals surface area contributed by atoms with Crippen LogP contribution in [-0.2, 0) is 10.0 Å². The number of nitro groups is 1. The van der Waals surface area contributed by atoms with Crippen molar-refractivity contribution in [1.29, 1.82) is 0 Å². The molecule has 28 heavy (non-hydrogen) atoms. The molecule has 0 unspecified atom stereocenters. The molecule has 1 heterocycles. The topological polar surface area (TPSA) is 117 Å². The first-order valence-electron chi connectivity index (χ1n) is 9.22. The molecule has 1 fully saturated rings. The zero-order valence-corrected chi connectivity index (χ0v) is 17.8. The Hall–Kier alpha value is -2.20. The quantitative estimate of drug-likeness (QED) is 0.233. The van der Waals surface area contributed by atoms with Gasteiger partial charge in [-0.05, 0) is 26.8 Å². The summed E-state index contributed by atoms with van der Waals surface area (Å²) < 4.78 is 27.2. The van der Waals surface area contributed by atoms with Crippen molar-refractivity contribution in [3.05, 3.63) is 34.4 Å². The van der Waals surface area contributed by atoms with Gasteiger partial charge in [0.1, 0.15) is 0 Å². The number of rotatable bonds is 7. The highest BCUT2D eigenvalue weighted by Gasteiger charge is 2.53. The Morgan fingerprint density at radius 1 is 1.32 bits per heavy atom. The lowest BCUT2D eigenvalue weighted by atomic mass is 9.65. The van der Waals surface area contributed by atoms with E-state index in [1.54, 1.807) is 0 Å². The van der Waals surface area contributed by atoms with Gasteiger partial charge < -0.3 is 10.2 Å². The molecular weight excluding hydrogens is 382 g/mol. The van der Waals surface area contributed by atoms with Crippen molar-refractivity contribution in [2.24, 2.45) is 10.4 Å². The van der Waals surface area contributed by atoms with Crippen molar-refractivity contribution in [3.8, 4) is 0 Å². The molecule has 0 radical (unpaired) electrons. The molecule has 0 spiro atoms. The van der Waals surface area contributed by atoms with E-state index in [1.165, 1.54) is 18.2 Å². The molecule has 156 valence electrons. The lowest BCUT2D eigenvalue weighted by molar-refractivity contribution is -0.385. The minimum Gasteiger partial charge on any atom is -0.356 e. The summed E-state index contributed by atoms with van der Waals surface area (Å²) >= 11 is 0. The van der Waals surface area contributed by atoms with Gasteiger partial charge in [-0.1, -0.05) is 19.9 Å². The van der Waals surface area contributed by atoms with Crippen LogP contribution in [0.4, 0.5) is 5.69 Å². The number of nitrogens with one attached hydrogen (secondary N) is 2. The molecule has 2 rings (SSSR count). The van der Waals surface area contributed by atoms with E-state index in [9.17, 15) is 18.5 Å². The highest BCUT2D eigenvalue weighted by atomic mass is 32.2. The summed E-state index contributed by atoms with van der Waals surface area (Å²) in [5.41, 5.74) is -0.165. The van der Waals surface area contributed by atoms with Crippen LogP contribution in [-0.4, -0.2) is 55.9 Å². The number of nitrogens with zero attached hydrogens (tertiary/aromatic N) is 3. The van der Waals surface area contributed by atoms with Crippen LogP contribution in [0, 0.1) is 15.5 Å². The molecule has 0 bridgehead atoms. The van der Waals surface area contributed by atoms with E-state index in [1.807, 2.05) is 6.92 Å². The van der Waals surface area contributed by atoms with Crippen molar-refractivity contribution in [2.75, 3.05) is 26.2 Å². The second-order valence-corrected chi connectivity index (χ2v) is 9.68. The minimum atomic E-state index is -3.84. The molecule has 1 aromatic rings. The average Bonchev–Trinajstić information content (AvgIpc) is 2.62. The molecule has 9 nitrogen and oxygen atoms in total. The van der Waals surface area contributed by atoms with Crippen LogP contribution in [0.15, 0.2) is 34.2 Å². The number of guanidine groups is 1. The first-order valence-corrected chi connectivity index (χ1v) is 10.7. The molecule has 1 aromatic carbocycles. The van der Waals surface area contributed by atoms with Crippen molar-refractivity contribution >= 4 is 21.7 Å². The Morgan fingerprint density at radius 2 is 2.00 bits per heavy atom. The number of non-ortho nitro benzene ring substituents is 1. The first-order chi connectivity index (χ1) is 12.9. The molecule has 0 amide bonds. The van der Waals surface area contributed by atoms with E-state index in [0.29, 0.717) is 6.54 Å². The zero-order valence-electron chi connectivity index (χ0n) is 17.0. The monoisotopic (exact) mass is 411 g/mol. The number of nitro benzene ring substituents is 1. The fraction of sp³-hybridized carbons (Fsp3) is 0.611. The second kappa shape index (κ2) is 8.04. The number of likely N-dealkylation sites (tertiary alicyclic amines) is 1. The van der Waals surface area contributed by atoms with Crippen LogP contribution in [0.1, 0.15) is 34.6 Å². The van der Waals surface area contributed by atoms with E-state index in [0.717, 1.165) is 18.6 Å². The van der Waals surface area contributed by atoms with Gasteiger partial charge in [-0.3, -0.25) is 15.1 Å². The highest BCUT2D eigenvalue weighted by Crippen LogP contribution is 2.46. The molecule has 1 aliphatic heterocycles. The smallest absolute Gasteiger partial charge is 0.270 e. The molecule has 1 saturated heterocycles. The van der Waals surface area contributed by atoms with Crippen molar-refractivity contribution in [1.82, 2.24) is 14.9 Å². The fourth-order valence-electron chi connectivity index (χ4n) is 2.98. The summed E-state index contributed by atoms with van der Waals surface area (Å²) in [6.45, 7) is 12.7. The van der Waals surface area contributed by atoms with Crippen LogP contribution >= 0.6 is 0 Å². The standard InChI is InChI=1S/C18H29N5O4S/c1-6-19-16(22-13-17(2,3)18(22,4)5)20-10-11-21-28(26,27)15-9-7-8-14(12-15)23(24)25/h7-9,12,21H,6,10-11,13H2,1-5H3,(H,19,20). The van der Waals surface area contributed by atoms with Gasteiger partial charge in [-0.25, -0.2) is 13.1 Å². The molecule has 0 saturated carbocycles. The van der Waals surface area contributed by atoms with Gasteiger partial charge in [0.2, 0.25) is 10.0 Å². The molecular formula is C18H29N5O4S. The van der Waals surface area contributed by atoms with Crippen LogP contribution < -0.4 is 10.0 Å². The molecule has 2 N–H and O–H groups in total. The summed E-state index contributed by atoms with van der Waals surface area (Å²) in [6.07, 6.45) is 0. The second-order valence-electron chi connectivity index (χ2n) is 7.92. The third-order valence-corrected chi connectivity index (χ3v) is 6.94.